The highest BCUT2D eigenvalue weighted by Gasteiger charge is 2.53. The molecule has 0 aromatic heterocycles. The van der Waals surface area contributed by atoms with Gasteiger partial charge in [-0.2, -0.15) is 0 Å². The molecule has 0 radical (unpaired) electrons. The van der Waals surface area contributed by atoms with Crippen LogP contribution in [-0.2, 0) is 4.79 Å². The zero-order valence-electron chi connectivity index (χ0n) is 7.70. The van der Waals surface area contributed by atoms with Crippen molar-refractivity contribution in [1.82, 2.24) is 0 Å². The molecule has 0 atom stereocenters. The van der Waals surface area contributed by atoms with E-state index in [0.29, 0.717) is 0 Å². The van der Waals surface area contributed by atoms with Gasteiger partial charge in [-0.05, 0) is 37.5 Å². The molecule has 0 unspecified atom stereocenters. The number of hydrogen-bond donors (Lipinski definition) is 2. The Morgan fingerprint density at radius 3 is 1.62 bits per heavy atom. The molecule has 2 fully saturated rings. The highest BCUT2D eigenvalue weighted by atomic mass is 16.4. The molecule has 0 saturated heterocycles. The van der Waals surface area contributed by atoms with E-state index in [0.717, 1.165) is 38.5 Å². The second-order valence-corrected chi connectivity index (χ2v) is 4.39. The van der Waals surface area contributed by atoms with Crippen molar-refractivity contribution in [1.29, 1.82) is 0 Å². The summed E-state index contributed by atoms with van der Waals surface area (Å²) in [5.74, 6) is -0.951. The van der Waals surface area contributed by atoms with Crippen molar-refractivity contribution in [2.45, 2.75) is 44.1 Å². The van der Waals surface area contributed by atoms with E-state index in [2.05, 4.69) is 0 Å². The zero-order valence-corrected chi connectivity index (χ0v) is 7.70. The number of aliphatic carboxylic acids is 1. The fourth-order valence-electron chi connectivity index (χ4n) is 2.38. The molecule has 0 aromatic rings. The molecule has 0 aromatic carbocycles. The van der Waals surface area contributed by atoms with Crippen LogP contribution in [-0.4, -0.2) is 21.8 Å². The third-order valence-electron chi connectivity index (χ3n) is 3.80. The summed E-state index contributed by atoms with van der Waals surface area (Å²) in [7, 11) is 0. The minimum atomic E-state index is -1.39. The van der Waals surface area contributed by atoms with Crippen LogP contribution < -0.4 is 0 Å². The lowest BCUT2D eigenvalue weighted by molar-refractivity contribution is -0.185. The maximum absolute atomic E-state index is 11.0. The minimum Gasteiger partial charge on any atom is -0.479 e. The van der Waals surface area contributed by atoms with E-state index in [4.69, 9.17) is 5.11 Å². The Balaban J connectivity index is 2.12. The van der Waals surface area contributed by atoms with Crippen LogP contribution >= 0.6 is 0 Å². The number of aliphatic hydroxyl groups is 1. The Bertz CT molecular complexity index is 202. The summed E-state index contributed by atoms with van der Waals surface area (Å²) in [6, 6.07) is 0. The lowest BCUT2D eigenvalue weighted by Gasteiger charge is -2.46. The fraction of sp³-hybridized carbons (Fsp3) is 0.900. The first-order chi connectivity index (χ1) is 6.15. The third-order valence-corrected chi connectivity index (χ3v) is 3.80. The van der Waals surface area contributed by atoms with Crippen molar-refractivity contribution < 1.29 is 15.0 Å². The maximum atomic E-state index is 11.0. The Kier molecular flexibility index (Phi) is 2.06. The molecule has 2 aliphatic carbocycles. The van der Waals surface area contributed by atoms with Crippen LogP contribution in [0.15, 0.2) is 0 Å². The van der Waals surface area contributed by atoms with Gasteiger partial charge in [-0.3, -0.25) is 0 Å². The van der Waals surface area contributed by atoms with Crippen molar-refractivity contribution in [3.63, 3.8) is 0 Å². The Labute approximate surface area is 77.8 Å². The van der Waals surface area contributed by atoms with Crippen LogP contribution in [0, 0.1) is 11.8 Å². The van der Waals surface area contributed by atoms with E-state index in [1.165, 1.54) is 0 Å². The number of hydrogen-bond acceptors (Lipinski definition) is 2. The van der Waals surface area contributed by atoms with Gasteiger partial charge in [0.2, 0.25) is 0 Å². The molecule has 74 valence electrons. The van der Waals surface area contributed by atoms with Crippen LogP contribution in [0.2, 0.25) is 0 Å². The summed E-state index contributed by atoms with van der Waals surface area (Å²) >= 11 is 0. The van der Waals surface area contributed by atoms with Gasteiger partial charge in [0, 0.05) is 0 Å². The van der Waals surface area contributed by atoms with Crippen molar-refractivity contribution >= 4 is 5.97 Å². The van der Waals surface area contributed by atoms with Crippen LogP contribution in [0.3, 0.4) is 0 Å². The van der Waals surface area contributed by atoms with E-state index in [1.807, 2.05) is 0 Å². The molecular formula is C10H16O3. The zero-order chi connectivity index (χ0) is 9.47. The van der Waals surface area contributed by atoms with E-state index in [1.54, 1.807) is 0 Å². The summed E-state index contributed by atoms with van der Waals surface area (Å²) in [6.45, 7) is 0. The summed E-state index contributed by atoms with van der Waals surface area (Å²) in [5, 5.41) is 19.2. The highest BCUT2D eigenvalue weighted by Crippen LogP contribution is 2.47. The van der Waals surface area contributed by atoms with Gasteiger partial charge in [0.05, 0.1) is 0 Å². The van der Waals surface area contributed by atoms with Crippen molar-refractivity contribution in [2.75, 3.05) is 0 Å². The predicted octanol–water partition coefficient (Wildman–Crippen LogP) is 1.40. The quantitative estimate of drug-likeness (QED) is 0.697. The largest absolute Gasteiger partial charge is 0.479 e. The molecule has 0 aliphatic heterocycles. The van der Waals surface area contributed by atoms with Gasteiger partial charge in [-0.15, -0.1) is 0 Å². The molecule has 13 heavy (non-hydrogen) atoms. The number of carboxylic acids is 1. The SMILES string of the molecule is O=C(O)C(O)(C1CCC1)C1CCC1. The number of carbonyl (C=O) groups is 1. The van der Waals surface area contributed by atoms with Gasteiger partial charge in [-0.25, -0.2) is 4.79 Å². The summed E-state index contributed by atoms with van der Waals surface area (Å²) in [6.07, 6.45) is 5.71. The van der Waals surface area contributed by atoms with Gasteiger partial charge in [-0.1, -0.05) is 12.8 Å². The minimum absolute atomic E-state index is 0.0234. The molecule has 3 nitrogen and oxygen atoms in total. The molecule has 2 saturated carbocycles. The van der Waals surface area contributed by atoms with Crippen molar-refractivity contribution in [3.05, 3.63) is 0 Å². The molecule has 0 heterocycles. The topological polar surface area (TPSA) is 57.5 Å². The fourth-order valence-corrected chi connectivity index (χ4v) is 2.38. The van der Waals surface area contributed by atoms with Crippen LogP contribution in [0.5, 0.6) is 0 Å². The molecule has 2 aliphatic rings. The maximum Gasteiger partial charge on any atom is 0.336 e. The number of carboxylic acid groups (broad SMARTS) is 1. The van der Waals surface area contributed by atoms with Crippen LogP contribution in [0.25, 0.3) is 0 Å². The average molecular weight is 184 g/mol. The highest BCUT2D eigenvalue weighted by molar-refractivity contribution is 5.78. The molecule has 0 amide bonds. The third kappa shape index (κ3) is 1.17. The second kappa shape index (κ2) is 2.98. The number of rotatable bonds is 3. The first kappa shape index (κ1) is 9.00. The van der Waals surface area contributed by atoms with Gasteiger partial charge in [0.1, 0.15) is 0 Å². The summed E-state index contributed by atoms with van der Waals surface area (Å²) in [4.78, 5) is 11.0. The van der Waals surface area contributed by atoms with Gasteiger partial charge in [0.15, 0.2) is 5.60 Å². The molecule has 2 rings (SSSR count). The molecule has 0 bridgehead atoms. The van der Waals surface area contributed by atoms with Crippen molar-refractivity contribution in [2.24, 2.45) is 11.8 Å². The Hall–Kier alpha value is -0.570. The van der Waals surface area contributed by atoms with Gasteiger partial charge < -0.3 is 10.2 Å². The lowest BCUT2D eigenvalue weighted by Crippen LogP contribution is -2.56. The first-order valence-electron chi connectivity index (χ1n) is 5.11. The summed E-state index contributed by atoms with van der Waals surface area (Å²) < 4.78 is 0. The van der Waals surface area contributed by atoms with Crippen LogP contribution in [0.4, 0.5) is 0 Å². The van der Waals surface area contributed by atoms with Crippen LogP contribution in [0.1, 0.15) is 38.5 Å². The van der Waals surface area contributed by atoms with E-state index >= 15 is 0 Å². The van der Waals surface area contributed by atoms with E-state index in [-0.39, 0.29) is 11.8 Å². The first-order valence-corrected chi connectivity index (χ1v) is 5.11. The normalized spacial score (nSPS) is 25.0. The molecule has 0 spiro atoms. The molecule has 3 heteroatoms. The second-order valence-electron chi connectivity index (χ2n) is 4.39. The average Bonchev–Trinajstić information content (AvgIpc) is 1.77. The smallest absolute Gasteiger partial charge is 0.336 e. The van der Waals surface area contributed by atoms with Crippen molar-refractivity contribution in [3.8, 4) is 0 Å². The van der Waals surface area contributed by atoms with E-state index < -0.39 is 11.6 Å². The molecular weight excluding hydrogens is 168 g/mol. The predicted molar refractivity (Wildman–Crippen MR) is 47.3 cm³/mol. The molecule has 2 N–H and O–H groups in total. The summed E-state index contributed by atoms with van der Waals surface area (Å²) in [5.41, 5.74) is -1.39. The Morgan fingerprint density at radius 2 is 1.46 bits per heavy atom. The van der Waals surface area contributed by atoms with Gasteiger partial charge in [0.25, 0.3) is 0 Å². The monoisotopic (exact) mass is 184 g/mol. The Morgan fingerprint density at radius 1 is 1.08 bits per heavy atom. The standard InChI is InChI=1S/C10H16O3/c11-9(12)10(13,7-3-1-4-7)8-5-2-6-8/h7-8,13H,1-6H2,(H,11,12). The van der Waals surface area contributed by atoms with E-state index in [9.17, 15) is 9.90 Å². The van der Waals surface area contributed by atoms with Gasteiger partial charge >= 0.3 is 5.97 Å². The lowest BCUT2D eigenvalue weighted by atomic mass is 9.61.